The lowest BCUT2D eigenvalue weighted by Gasteiger charge is -2.47. The summed E-state index contributed by atoms with van der Waals surface area (Å²) in [4.78, 5) is 11.3. The zero-order chi connectivity index (χ0) is 14.0. The fourth-order valence-corrected chi connectivity index (χ4v) is 3.52. The molecule has 0 radical (unpaired) electrons. The van der Waals surface area contributed by atoms with Gasteiger partial charge in [-0.1, -0.05) is 27.4 Å². The van der Waals surface area contributed by atoms with Crippen molar-refractivity contribution in [3.8, 4) is 0 Å². The topological polar surface area (TPSA) is 41.1 Å². The molecule has 2 unspecified atom stereocenters. The van der Waals surface area contributed by atoms with Crippen LogP contribution in [0.3, 0.4) is 0 Å². The predicted molar refractivity (Wildman–Crippen MR) is 76.2 cm³/mol. The summed E-state index contributed by atoms with van der Waals surface area (Å²) in [5.74, 6) is 0.0768. The number of hydrogen-bond acceptors (Lipinski definition) is 2. The van der Waals surface area contributed by atoms with E-state index in [1.165, 1.54) is 6.42 Å². The molecule has 3 nitrogen and oxygen atoms in total. The zero-order valence-electron chi connectivity index (χ0n) is 12.5. The maximum absolute atomic E-state index is 11.3. The van der Waals surface area contributed by atoms with Crippen molar-refractivity contribution in [3.63, 3.8) is 0 Å². The van der Waals surface area contributed by atoms with E-state index in [9.17, 15) is 4.79 Å². The molecule has 1 saturated carbocycles. The third-order valence-electron chi connectivity index (χ3n) is 3.67. The summed E-state index contributed by atoms with van der Waals surface area (Å²) in [5, 5.41) is 6.45. The lowest BCUT2D eigenvalue weighted by molar-refractivity contribution is -0.120. The first-order valence-electron chi connectivity index (χ1n) is 6.78. The first kappa shape index (κ1) is 15.1. The lowest BCUT2D eigenvalue weighted by Crippen LogP contribution is -2.49. The van der Waals surface area contributed by atoms with E-state index >= 15 is 0 Å². The Kier molecular flexibility index (Phi) is 4.46. The summed E-state index contributed by atoms with van der Waals surface area (Å²) < 4.78 is 0. The second-order valence-electron chi connectivity index (χ2n) is 7.09. The van der Waals surface area contributed by atoms with Crippen LogP contribution in [0.2, 0.25) is 0 Å². The van der Waals surface area contributed by atoms with E-state index in [1.807, 2.05) is 6.92 Å². The molecule has 0 aliphatic heterocycles. The SMILES string of the molecule is C=C(C)NCC1(C)CC(NC(C)=O)CC(C)(C)C1. The van der Waals surface area contributed by atoms with Crippen molar-refractivity contribution < 1.29 is 4.79 Å². The van der Waals surface area contributed by atoms with Crippen molar-refractivity contribution in [3.05, 3.63) is 12.3 Å². The van der Waals surface area contributed by atoms with Crippen LogP contribution in [0.15, 0.2) is 12.3 Å². The van der Waals surface area contributed by atoms with Gasteiger partial charge in [0, 0.05) is 25.2 Å². The van der Waals surface area contributed by atoms with Gasteiger partial charge in [0.1, 0.15) is 0 Å². The Morgan fingerprint density at radius 1 is 1.28 bits per heavy atom. The van der Waals surface area contributed by atoms with Crippen LogP contribution in [0.1, 0.15) is 53.9 Å². The number of amides is 1. The number of carbonyl (C=O) groups excluding carboxylic acids is 1. The molecular formula is C15H28N2O. The fraction of sp³-hybridized carbons (Fsp3) is 0.800. The Morgan fingerprint density at radius 2 is 1.89 bits per heavy atom. The maximum atomic E-state index is 11.3. The summed E-state index contributed by atoms with van der Waals surface area (Å²) in [6.07, 6.45) is 3.28. The summed E-state index contributed by atoms with van der Waals surface area (Å²) >= 11 is 0. The highest BCUT2D eigenvalue weighted by molar-refractivity contribution is 5.73. The van der Waals surface area contributed by atoms with Crippen LogP contribution in [0.4, 0.5) is 0 Å². The van der Waals surface area contributed by atoms with Crippen molar-refractivity contribution in [1.29, 1.82) is 0 Å². The van der Waals surface area contributed by atoms with Crippen LogP contribution >= 0.6 is 0 Å². The van der Waals surface area contributed by atoms with Gasteiger partial charge in [-0.15, -0.1) is 0 Å². The van der Waals surface area contributed by atoms with E-state index in [4.69, 9.17) is 0 Å². The minimum Gasteiger partial charge on any atom is -0.388 e. The van der Waals surface area contributed by atoms with E-state index in [2.05, 4.69) is 38.0 Å². The van der Waals surface area contributed by atoms with Gasteiger partial charge >= 0.3 is 0 Å². The second kappa shape index (κ2) is 5.33. The normalized spacial score (nSPS) is 30.6. The van der Waals surface area contributed by atoms with Crippen LogP contribution in [-0.2, 0) is 4.79 Å². The third-order valence-corrected chi connectivity index (χ3v) is 3.67. The molecule has 104 valence electrons. The molecule has 0 heterocycles. The van der Waals surface area contributed by atoms with Crippen molar-refractivity contribution in [1.82, 2.24) is 10.6 Å². The lowest BCUT2D eigenvalue weighted by atomic mass is 9.62. The minimum absolute atomic E-state index is 0.0768. The quantitative estimate of drug-likeness (QED) is 0.808. The molecule has 0 aromatic heterocycles. The van der Waals surface area contributed by atoms with Gasteiger partial charge in [-0.25, -0.2) is 0 Å². The van der Waals surface area contributed by atoms with Crippen LogP contribution < -0.4 is 10.6 Å². The molecule has 1 rings (SSSR count). The minimum atomic E-state index is 0.0768. The summed E-state index contributed by atoms with van der Waals surface area (Å²) in [6.45, 7) is 15.3. The number of allylic oxidation sites excluding steroid dienone is 1. The van der Waals surface area contributed by atoms with Crippen molar-refractivity contribution in [2.45, 2.75) is 59.9 Å². The Labute approximate surface area is 111 Å². The fourth-order valence-electron chi connectivity index (χ4n) is 3.52. The standard InChI is InChI=1S/C15H28N2O/c1-11(2)16-10-15(6)8-13(17-12(3)18)7-14(4,5)9-15/h13,16H,1,7-10H2,2-6H3,(H,17,18). The molecule has 1 amide bonds. The number of hydrogen-bond donors (Lipinski definition) is 2. The van der Waals surface area contributed by atoms with E-state index in [1.54, 1.807) is 6.92 Å². The van der Waals surface area contributed by atoms with Crippen LogP contribution in [-0.4, -0.2) is 18.5 Å². The Morgan fingerprint density at radius 3 is 2.39 bits per heavy atom. The van der Waals surface area contributed by atoms with E-state index in [-0.39, 0.29) is 16.7 Å². The maximum Gasteiger partial charge on any atom is 0.217 e. The zero-order valence-corrected chi connectivity index (χ0v) is 12.5. The van der Waals surface area contributed by atoms with Crippen LogP contribution in [0, 0.1) is 10.8 Å². The molecule has 1 fully saturated rings. The summed E-state index contributed by atoms with van der Waals surface area (Å²) in [7, 11) is 0. The van der Waals surface area contributed by atoms with E-state index in [0.29, 0.717) is 6.04 Å². The van der Waals surface area contributed by atoms with E-state index in [0.717, 1.165) is 25.1 Å². The van der Waals surface area contributed by atoms with Crippen molar-refractivity contribution in [2.24, 2.45) is 10.8 Å². The van der Waals surface area contributed by atoms with E-state index < -0.39 is 0 Å². The Balaban J connectivity index is 2.72. The molecular weight excluding hydrogens is 224 g/mol. The average molecular weight is 252 g/mol. The van der Waals surface area contributed by atoms with Gasteiger partial charge in [0.05, 0.1) is 0 Å². The van der Waals surface area contributed by atoms with Gasteiger partial charge < -0.3 is 10.6 Å². The number of rotatable bonds is 4. The van der Waals surface area contributed by atoms with Gasteiger partial charge in [0.25, 0.3) is 0 Å². The highest BCUT2D eigenvalue weighted by Gasteiger charge is 2.41. The average Bonchev–Trinajstić information content (AvgIpc) is 2.10. The molecule has 2 atom stereocenters. The predicted octanol–water partition coefficient (Wildman–Crippen LogP) is 2.83. The molecule has 18 heavy (non-hydrogen) atoms. The molecule has 0 bridgehead atoms. The van der Waals surface area contributed by atoms with Crippen LogP contribution in [0.25, 0.3) is 0 Å². The monoisotopic (exact) mass is 252 g/mol. The smallest absolute Gasteiger partial charge is 0.217 e. The number of nitrogens with one attached hydrogen (secondary N) is 2. The second-order valence-corrected chi connectivity index (χ2v) is 7.09. The molecule has 0 aromatic rings. The van der Waals surface area contributed by atoms with Gasteiger partial charge in [-0.05, 0) is 37.0 Å². The number of carbonyl (C=O) groups is 1. The summed E-state index contributed by atoms with van der Waals surface area (Å²) in [6, 6.07) is 0.295. The van der Waals surface area contributed by atoms with Crippen molar-refractivity contribution in [2.75, 3.05) is 6.54 Å². The van der Waals surface area contributed by atoms with Gasteiger partial charge in [-0.2, -0.15) is 0 Å². The highest BCUT2D eigenvalue weighted by Crippen LogP contribution is 2.45. The molecule has 0 saturated heterocycles. The molecule has 2 N–H and O–H groups in total. The highest BCUT2D eigenvalue weighted by atomic mass is 16.1. The Hall–Kier alpha value is -0.990. The Bertz CT molecular complexity index is 335. The largest absolute Gasteiger partial charge is 0.388 e. The molecule has 0 aromatic carbocycles. The summed E-state index contributed by atoms with van der Waals surface area (Å²) in [5.41, 5.74) is 1.50. The molecule has 1 aliphatic rings. The van der Waals surface area contributed by atoms with Gasteiger partial charge in [0.15, 0.2) is 0 Å². The van der Waals surface area contributed by atoms with Gasteiger partial charge in [0.2, 0.25) is 5.91 Å². The first-order chi connectivity index (χ1) is 8.12. The van der Waals surface area contributed by atoms with Crippen LogP contribution in [0.5, 0.6) is 0 Å². The molecule has 1 aliphatic carbocycles. The van der Waals surface area contributed by atoms with Crippen molar-refractivity contribution >= 4 is 5.91 Å². The third kappa shape index (κ3) is 4.71. The van der Waals surface area contributed by atoms with Gasteiger partial charge in [-0.3, -0.25) is 4.79 Å². The first-order valence-corrected chi connectivity index (χ1v) is 6.78. The molecule has 0 spiro atoms. The molecule has 3 heteroatoms.